The summed E-state index contributed by atoms with van der Waals surface area (Å²) in [6.07, 6.45) is 12.1. The molecule has 0 heterocycles. The van der Waals surface area contributed by atoms with E-state index in [1.54, 1.807) is 0 Å². The Kier molecular flexibility index (Phi) is 9.91. The topological polar surface area (TPSA) is 20.2 Å². The van der Waals surface area contributed by atoms with Crippen LogP contribution in [0.2, 0.25) is 0 Å². The Hall–Kier alpha value is -0.0400. The van der Waals surface area contributed by atoms with Gasteiger partial charge in [-0.25, -0.2) is 0 Å². The van der Waals surface area contributed by atoms with E-state index in [-0.39, 0.29) is 5.41 Å². The van der Waals surface area contributed by atoms with Crippen molar-refractivity contribution in [1.29, 1.82) is 0 Å². The highest BCUT2D eigenvalue weighted by Crippen LogP contribution is 2.32. The molecule has 0 aliphatic carbocycles. The number of aliphatic hydroxyl groups is 1. The van der Waals surface area contributed by atoms with Gasteiger partial charge in [-0.05, 0) is 17.8 Å². The van der Waals surface area contributed by atoms with E-state index in [1.807, 2.05) is 0 Å². The van der Waals surface area contributed by atoms with Gasteiger partial charge in [-0.1, -0.05) is 79.1 Å². The molecule has 1 N–H and O–H groups in total. The van der Waals surface area contributed by atoms with Crippen molar-refractivity contribution in [3.8, 4) is 0 Å². The van der Waals surface area contributed by atoms with Gasteiger partial charge in [0.05, 0.1) is 0 Å². The van der Waals surface area contributed by atoms with Crippen LogP contribution >= 0.6 is 0 Å². The molecule has 1 unspecified atom stereocenters. The number of unbranched alkanes of at least 4 members (excludes halogenated alkanes) is 7. The summed E-state index contributed by atoms with van der Waals surface area (Å²) in [5.41, 5.74) is 0.141. The highest BCUT2D eigenvalue weighted by molar-refractivity contribution is 4.76. The van der Waals surface area contributed by atoms with Crippen molar-refractivity contribution < 1.29 is 5.11 Å². The molecule has 0 aliphatic rings. The lowest BCUT2D eigenvalue weighted by atomic mass is 9.76. The third kappa shape index (κ3) is 7.81. The molecule has 0 aromatic rings. The zero-order valence-corrected chi connectivity index (χ0v) is 12.6. The van der Waals surface area contributed by atoms with E-state index in [2.05, 4.69) is 27.7 Å². The molecule has 0 saturated heterocycles. The number of rotatable bonds is 11. The van der Waals surface area contributed by atoms with Gasteiger partial charge >= 0.3 is 0 Å². The van der Waals surface area contributed by atoms with Crippen LogP contribution in [-0.4, -0.2) is 11.7 Å². The van der Waals surface area contributed by atoms with Crippen LogP contribution in [0.1, 0.15) is 85.5 Å². The lowest BCUT2D eigenvalue weighted by Crippen LogP contribution is -2.27. The Bertz CT molecular complexity index is 165. The van der Waals surface area contributed by atoms with Crippen molar-refractivity contribution in [3.63, 3.8) is 0 Å². The van der Waals surface area contributed by atoms with Crippen LogP contribution in [0.5, 0.6) is 0 Å². The van der Waals surface area contributed by atoms with Crippen LogP contribution in [0.4, 0.5) is 0 Å². The molecule has 0 bridgehead atoms. The van der Waals surface area contributed by atoms with Crippen LogP contribution in [0.3, 0.4) is 0 Å². The first-order chi connectivity index (χ1) is 8.06. The Balaban J connectivity index is 3.44. The molecule has 104 valence electrons. The molecule has 0 aromatic carbocycles. The normalized spacial score (nSPS) is 15.2. The highest BCUT2D eigenvalue weighted by atomic mass is 16.3. The van der Waals surface area contributed by atoms with E-state index < -0.39 is 0 Å². The van der Waals surface area contributed by atoms with Crippen molar-refractivity contribution in [2.24, 2.45) is 11.3 Å². The summed E-state index contributed by atoms with van der Waals surface area (Å²) in [7, 11) is 0. The first-order valence-corrected chi connectivity index (χ1v) is 7.67. The van der Waals surface area contributed by atoms with Crippen LogP contribution in [-0.2, 0) is 0 Å². The summed E-state index contributed by atoms with van der Waals surface area (Å²) < 4.78 is 0. The Morgan fingerprint density at radius 1 is 0.882 bits per heavy atom. The standard InChI is InChI=1S/C16H34O/c1-5-6-7-8-9-10-11-12-13-16(4,14-17)15(2)3/h15,17H,5-14H2,1-4H3. The lowest BCUT2D eigenvalue weighted by molar-refractivity contribution is 0.0824. The summed E-state index contributed by atoms with van der Waals surface area (Å²) in [4.78, 5) is 0. The summed E-state index contributed by atoms with van der Waals surface area (Å²) in [5, 5.41) is 9.46. The lowest BCUT2D eigenvalue weighted by Gasteiger charge is -2.31. The third-order valence-electron chi connectivity index (χ3n) is 4.36. The van der Waals surface area contributed by atoms with Crippen molar-refractivity contribution in [2.45, 2.75) is 85.5 Å². The molecular weight excluding hydrogens is 208 g/mol. The van der Waals surface area contributed by atoms with Gasteiger partial charge in [0, 0.05) is 6.61 Å². The summed E-state index contributed by atoms with van der Waals surface area (Å²) in [6, 6.07) is 0. The molecule has 1 nitrogen and oxygen atoms in total. The van der Waals surface area contributed by atoms with Gasteiger partial charge in [0.15, 0.2) is 0 Å². The van der Waals surface area contributed by atoms with Crippen molar-refractivity contribution in [1.82, 2.24) is 0 Å². The number of aliphatic hydroxyl groups excluding tert-OH is 1. The van der Waals surface area contributed by atoms with Gasteiger partial charge in [0.1, 0.15) is 0 Å². The first-order valence-electron chi connectivity index (χ1n) is 7.67. The molecule has 0 aromatic heterocycles. The quantitative estimate of drug-likeness (QED) is 0.495. The molecule has 1 atom stereocenters. The van der Waals surface area contributed by atoms with E-state index in [0.717, 1.165) is 0 Å². The van der Waals surface area contributed by atoms with E-state index in [0.29, 0.717) is 12.5 Å². The highest BCUT2D eigenvalue weighted by Gasteiger charge is 2.26. The molecule has 17 heavy (non-hydrogen) atoms. The van der Waals surface area contributed by atoms with Crippen LogP contribution in [0.15, 0.2) is 0 Å². The van der Waals surface area contributed by atoms with Gasteiger partial charge in [0.2, 0.25) is 0 Å². The summed E-state index contributed by atoms with van der Waals surface area (Å²) in [5.74, 6) is 0.581. The molecule has 0 radical (unpaired) electrons. The summed E-state index contributed by atoms with van der Waals surface area (Å²) in [6.45, 7) is 9.27. The van der Waals surface area contributed by atoms with Gasteiger partial charge < -0.3 is 5.11 Å². The van der Waals surface area contributed by atoms with Gasteiger partial charge in [-0.3, -0.25) is 0 Å². The van der Waals surface area contributed by atoms with E-state index in [9.17, 15) is 5.11 Å². The predicted molar refractivity (Wildman–Crippen MR) is 77.3 cm³/mol. The molecule has 0 spiro atoms. The van der Waals surface area contributed by atoms with E-state index in [4.69, 9.17) is 0 Å². The third-order valence-corrected chi connectivity index (χ3v) is 4.36. The average Bonchev–Trinajstić information content (AvgIpc) is 2.32. The van der Waals surface area contributed by atoms with Crippen molar-refractivity contribution in [2.75, 3.05) is 6.61 Å². The first kappa shape index (κ1) is 17.0. The maximum Gasteiger partial charge on any atom is 0.0487 e. The zero-order chi connectivity index (χ0) is 13.1. The molecule has 0 amide bonds. The van der Waals surface area contributed by atoms with Crippen LogP contribution in [0, 0.1) is 11.3 Å². The molecule has 0 aliphatic heterocycles. The van der Waals surface area contributed by atoms with Crippen LogP contribution in [0.25, 0.3) is 0 Å². The number of hydrogen-bond donors (Lipinski definition) is 1. The fraction of sp³-hybridized carbons (Fsp3) is 1.00. The Labute approximate surface area is 109 Å². The maximum absolute atomic E-state index is 9.46. The van der Waals surface area contributed by atoms with Gasteiger partial charge in [-0.15, -0.1) is 0 Å². The van der Waals surface area contributed by atoms with Gasteiger partial charge in [-0.2, -0.15) is 0 Å². The second kappa shape index (κ2) is 9.94. The molecular formula is C16H34O. The molecule has 0 saturated carbocycles. The second-order valence-corrected chi connectivity index (χ2v) is 6.19. The minimum absolute atomic E-state index is 0.141. The van der Waals surface area contributed by atoms with Gasteiger partial charge in [0.25, 0.3) is 0 Å². The average molecular weight is 242 g/mol. The molecule has 0 rings (SSSR count). The maximum atomic E-state index is 9.46. The monoisotopic (exact) mass is 242 g/mol. The van der Waals surface area contributed by atoms with E-state index >= 15 is 0 Å². The minimum Gasteiger partial charge on any atom is -0.396 e. The predicted octanol–water partition coefficient (Wildman–Crippen LogP) is 5.17. The summed E-state index contributed by atoms with van der Waals surface area (Å²) >= 11 is 0. The van der Waals surface area contributed by atoms with Crippen molar-refractivity contribution >= 4 is 0 Å². The fourth-order valence-electron chi connectivity index (χ4n) is 2.21. The van der Waals surface area contributed by atoms with E-state index in [1.165, 1.54) is 57.8 Å². The smallest absolute Gasteiger partial charge is 0.0487 e. The SMILES string of the molecule is CCCCCCCCCCC(C)(CO)C(C)C. The Morgan fingerprint density at radius 3 is 1.76 bits per heavy atom. The fourth-order valence-corrected chi connectivity index (χ4v) is 2.21. The number of hydrogen-bond acceptors (Lipinski definition) is 1. The minimum atomic E-state index is 0.141. The zero-order valence-electron chi connectivity index (χ0n) is 12.6. The molecule has 1 heteroatoms. The van der Waals surface area contributed by atoms with Crippen molar-refractivity contribution in [3.05, 3.63) is 0 Å². The molecule has 0 fully saturated rings. The van der Waals surface area contributed by atoms with Crippen LogP contribution < -0.4 is 0 Å². The second-order valence-electron chi connectivity index (χ2n) is 6.19. The Morgan fingerprint density at radius 2 is 1.35 bits per heavy atom. The largest absolute Gasteiger partial charge is 0.396 e.